The van der Waals surface area contributed by atoms with Gasteiger partial charge in [-0.15, -0.1) is 0 Å². The van der Waals surface area contributed by atoms with Gasteiger partial charge < -0.3 is 15.0 Å². The van der Waals surface area contributed by atoms with Gasteiger partial charge in [0.2, 0.25) is 15.9 Å². The summed E-state index contributed by atoms with van der Waals surface area (Å²) < 4.78 is 30.8. The summed E-state index contributed by atoms with van der Waals surface area (Å²) >= 11 is 0. The number of likely N-dealkylation sites (tertiary alicyclic amines) is 1. The molecule has 1 saturated heterocycles. The van der Waals surface area contributed by atoms with Gasteiger partial charge in [0, 0.05) is 6.54 Å². The molecule has 0 radical (unpaired) electrons. The van der Waals surface area contributed by atoms with E-state index in [-0.39, 0.29) is 12.5 Å². The van der Waals surface area contributed by atoms with Gasteiger partial charge in [0.25, 0.3) is 0 Å². The van der Waals surface area contributed by atoms with Crippen LogP contribution in [0.5, 0.6) is 5.75 Å². The Morgan fingerprint density at radius 3 is 2.44 bits per heavy atom. The first kappa shape index (κ1) is 21.5. The van der Waals surface area contributed by atoms with Crippen molar-refractivity contribution in [1.29, 1.82) is 0 Å². The second kappa shape index (κ2) is 9.94. The normalized spacial score (nSPS) is 16.1. The fourth-order valence-electron chi connectivity index (χ4n) is 3.23. The molecule has 1 aromatic rings. The Morgan fingerprint density at radius 2 is 1.89 bits per heavy atom. The molecule has 1 aromatic carbocycles. The lowest BCUT2D eigenvalue weighted by molar-refractivity contribution is -0.119. The number of anilines is 1. The number of amides is 1. The quantitative estimate of drug-likeness (QED) is 0.686. The van der Waals surface area contributed by atoms with Crippen LogP contribution >= 0.6 is 0 Å². The van der Waals surface area contributed by atoms with Crippen molar-refractivity contribution in [2.45, 2.75) is 26.2 Å². The van der Waals surface area contributed by atoms with E-state index in [4.69, 9.17) is 4.74 Å². The topological polar surface area (TPSA) is 79.0 Å². The zero-order chi connectivity index (χ0) is 19.9. The molecule has 1 amide bonds. The summed E-state index contributed by atoms with van der Waals surface area (Å²) in [6.07, 6.45) is 4.33. The molecular weight excluding hydrogens is 366 g/mol. The largest absolute Gasteiger partial charge is 0.494 e. The number of carbonyl (C=O) groups is 1. The van der Waals surface area contributed by atoms with Crippen LogP contribution in [0, 0.1) is 5.92 Å². The number of hydrogen-bond acceptors (Lipinski definition) is 5. The van der Waals surface area contributed by atoms with Gasteiger partial charge in [0.15, 0.2) is 0 Å². The summed E-state index contributed by atoms with van der Waals surface area (Å²) in [5.41, 5.74) is 0.450. The van der Waals surface area contributed by atoms with Gasteiger partial charge in [-0.3, -0.25) is 9.10 Å². The summed E-state index contributed by atoms with van der Waals surface area (Å²) in [6.45, 7) is 4.96. The summed E-state index contributed by atoms with van der Waals surface area (Å²) in [6, 6.07) is 6.71. The minimum atomic E-state index is -3.56. The zero-order valence-electron chi connectivity index (χ0n) is 16.5. The number of piperidine rings is 1. The van der Waals surface area contributed by atoms with Crippen LogP contribution in [0.3, 0.4) is 0 Å². The van der Waals surface area contributed by atoms with Crippen LogP contribution in [0.25, 0.3) is 0 Å². The summed E-state index contributed by atoms with van der Waals surface area (Å²) in [7, 11) is -1.44. The lowest BCUT2D eigenvalue weighted by Crippen LogP contribution is -2.41. The van der Waals surface area contributed by atoms with E-state index in [1.54, 1.807) is 24.3 Å². The Hall–Kier alpha value is -1.80. The maximum Gasteiger partial charge on any atom is 0.240 e. The molecule has 2 rings (SSSR count). The average molecular weight is 398 g/mol. The van der Waals surface area contributed by atoms with Crippen molar-refractivity contribution in [1.82, 2.24) is 10.2 Å². The Labute approximate surface area is 162 Å². The lowest BCUT2D eigenvalue weighted by atomic mass is 9.94. The second-order valence-electron chi connectivity index (χ2n) is 7.08. The molecule has 1 aliphatic rings. The second-order valence-corrected chi connectivity index (χ2v) is 8.99. The van der Waals surface area contributed by atoms with Crippen molar-refractivity contribution in [3.05, 3.63) is 24.3 Å². The SMILES string of the molecule is CCOc1ccc(N(CC(=O)NCCC2CCN(C)CC2)S(C)(=O)=O)cc1. The van der Waals surface area contributed by atoms with Gasteiger partial charge >= 0.3 is 0 Å². The maximum absolute atomic E-state index is 12.3. The van der Waals surface area contributed by atoms with Crippen LogP contribution in [0.2, 0.25) is 0 Å². The molecule has 0 atom stereocenters. The van der Waals surface area contributed by atoms with Gasteiger partial charge in [0.05, 0.1) is 18.6 Å². The van der Waals surface area contributed by atoms with Gasteiger partial charge in [0.1, 0.15) is 12.3 Å². The number of rotatable bonds is 9. The number of nitrogens with zero attached hydrogens (tertiary/aromatic N) is 2. The van der Waals surface area contributed by atoms with E-state index in [2.05, 4.69) is 17.3 Å². The predicted octanol–water partition coefficient (Wildman–Crippen LogP) is 1.70. The molecule has 0 aliphatic carbocycles. The molecule has 1 aliphatic heterocycles. The lowest BCUT2D eigenvalue weighted by Gasteiger charge is -2.29. The van der Waals surface area contributed by atoms with Crippen molar-refractivity contribution < 1.29 is 17.9 Å². The number of hydrogen-bond donors (Lipinski definition) is 1. The molecule has 152 valence electrons. The third-order valence-electron chi connectivity index (χ3n) is 4.84. The molecule has 1 N–H and O–H groups in total. The highest BCUT2D eigenvalue weighted by Crippen LogP contribution is 2.22. The number of nitrogens with one attached hydrogen (secondary N) is 1. The van der Waals surface area contributed by atoms with Crippen molar-refractivity contribution in [2.24, 2.45) is 5.92 Å². The van der Waals surface area contributed by atoms with Crippen LogP contribution < -0.4 is 14.4 Å². The van der Waals surface area contributed by atoms with Crippen LogP contribution in [0.4, 0.5) is 5.69 Å². The smallest absolute Gasteiger partial charge is 0.240 e. The van der Waals surface area contributed by atoms with Gasteiger partial charge in [-0.2, -0.15) is 0 Å². The van der Waals surface area contributed by atoms with Crippen LogP contribution in [-0.2, 0) is 14.8 Å². The number of benzene rings is 1. The Balaban J connectivity index is 1.88. The first-order valence-electron chi connectivity index (χ1n) is 9.45. The van der Waals surface area contributed by atoms with Crippen LogP contribution in [-0.4, -0.2) is 65.3 Å². The van der Waals surface area contributed by atoms with Crippen molar-refractivity contribution in [2.75, 3.05) is 50.4 Å². The molecule has 27 heavy (non-hydrogen) atoms. The Morgan fingerprint density at radius 1 is 1.26 bits per heavy atom. The molecule has 0 saturated carbocycles. The number of carbonyl (C=O) groups excluding carboxylic acids is 1. The molecule has 7 nitrogen and oxygen atoms in total. The highest BCUT2D eigenvalue weighted by atomic mass is 32.2. The maximum atomic E-state index is 12.3. The van der Waals surface area contributed by atoms with Gasteiger partial charge in [-0.05, 0) is 76.5 Å². The number of sulfonamides is 1. The van der Waals surface area contributed by atoms with E-state index in [0.29, 0.717) is 30.5 Å². The molecule has 1 heterocycles. The molecule has 0 unspecified atom stereocenters. The van der Waals surface area contributed by atoms with Crippen molar-refractivity contribution >= 4 is 21.6 Å². The van der Waals surface area contributed by atoms with Gasteiger partial charge in [-0.1, -0.05) is 0 Å². The molecule has 0 spiro atoms. The minimum Gasteiger partial charge on any atom is -0.494 e. The van der Waals surface area contributed by atoms with E-state index in [1.165, 1.54) is 0 Å². The van der Waals surface area contributed by atoms with E-state index in [1.807, 2.05) is 6.92 Å². The van der Waals surface area contributed by atoms with E-state index >= 15 is 0 Å². The standard InChI is InChI=1S/C19H31N3O4S/c1-4-26-18-7-5-17(6-8-18)22(27(3,24)25)15-19(23)20-12-9-16-10-13-21(2)14-11-16/h5-8,16H,4,9-15H2,1-3H3,(H,20,23). The van der Waals surface area contributed by atoms with Crippen molar-refractivity contribution in [3.8, 4) is 5.75 Å². The predicted molar refractivity (Wildman–Crippen MR) is 108 cm³/mol. The summed E-state index contributed by atoms with van der Waals surface area (Å²) in [5, 5.41) is 2.86. The number of ether oxygens (including phenoxy) is 1. The fourth-order valence-corrected chi connectivity index (χ4v) is 4.08. The highest BCUT2D eigenvalue weighted by molar-refractivity contribution is 7.92. The molecule has 0 bridgehead atoms. The molecule has 1 fully saturated rings. The summed E-state index contributed by atoms with van der Waals surface area (Å²) in [4.78, 5) is 14.6. The summed E-state index contributed by atoms with van der Waals surface area (Å²) in [5.74, 6) is 0.998. The third kappa shape index (κ3) is 7.03. The monoisotopic (exact) mass is 397 g/mol. The van der Waals surface area contributed by atoms with Crippen molar-refractivity contribution in [3.63, 3.8) is 0 Å². The van der Waals surface area contributed by atoms with E-state index in [0.717, 1.165) is 42.9 Å². The first-order chi connectivity index (χ1) is 12.8. The zero-order valence-corrected chi connectivity index (χ0v) is 17.3. The van der Waals surface area contributed by atoms with Crippen LogP contribution in [0.15, 0.2) is 24.3 Å². The van der Waals surface area contributed by atoms with E-state index in [9.17, 15) is 13.2 Å². The third-order valence-corrected chi connectivity index (χ3v) is 5.98. The van der Waals surface area contributed by atoms with Gasteiger partial charge in [-0.25, -0.2) is 8.42 Å². The van der Waals surface area contributed by atoms with Crippen LogP contribution in [0.1, 0.15) is 26.2 Å². The highest BCUT2D eigenvalue weighted by Gasteiger charge is 2.21. The first-order valence-corrected chi connectivity index (χ1v) is 11.3. The fraction of sp³-hybridized carbons (Fsp3) is 0.632. The molecule has 0 aromatic heterocycles. The minimum absolute atomic E-state index is 0.222. The Bertz CT molecular complexity index is 698. The average Bonchev–Trinajstić information content (AvgIpc) is 2.62. The Kier molecular flexibility index (Phi) is 7.91. The molecule has 8 heteroatoms. The van der Waals surface area contributed by atoms with E-state index < -0.39 is 10.0 Å². The molecular formula is C19H31N3O4S.